The van der Waals surface area contributed by atoms with Crippen molar-refractivity contribution in [3.8, 4) is 0 Å². The summed E-state index contributed by atoms with van der Waals surface area (Å²) >= 11 is 0. The molecule has 0 aliphatic rings. The predicted octanol–water partition coefficient (Wildman–Crippen LogP) is 10.1. The average molecular weight is 497 g/mol. The summed E-state index contributed by atoms with van der Waals surface area (Å²) in [5.41, 5.74) is 1.80. The molecular formula is C30H47F3O2. The molecule has 35 heavy (non-hydrogen) atoms. The van der Waals surface area contributed by atoms with E-state index in [0.717, 1.165) is 37.3 Å². The van der Waals surface area contributed by atoms with Crippen molar-refractivity contribution in [3.63, 3.8) is 0 Å². The van der Waals surface area contributed by atoms with Crippen molar-refractivity contribution < 1.29 is 22.7 Å². The second-order valence-electron chi connectivity index (χ2n) is 10.2. The highest BCUT2D eigenvalue weighted by molar-refractivity contribution is 5.78. The van der Waals surface area contributed by atoms with Crippen molar-refractivity contribution in [1.82, 2.24) is 0 Å². The molecule has 0 aromatic heterocycles. The number of rotatable bonds is 18. The van der Waals surface area contributed by atoms with Gasteiger partial charge in [-0.25, -0.2) is 0 Å². The number of ether oxygens (including phenoxy) is 1. The molecule has 1 unspecified atom stereocenters. The van der Waals surface area contributed by atoms with Gasteiger partial charge < -0.3 is 4.74 Å². The Morgan fingerprint density at radius 1 is 0.829 bits per heavy atom. The minimum Gasteiger partial charge on any atom is -0.421 e. The first-order valence-electron chi connectivity index (χ1n) is 13.7. The number of esters is 1. The first kappa shape index (κ1) is 31.3. The number of unbranched alkanes of at least 4 members (excludes halogenated alkanes) is 12. The van der Waals surface area contributed by atoms with Crippen molar-refractivity contribution in [2.75, 3.05) is 0 Å². The highest BCUT2D eigenvalue weighted by Gasteiger charge is 2.38. The Bertz CT molecular complexity index is 720. The number of carbonyl (C=O) groups excluding carboxylic acids is 1. The van der Waals surface area contributed by atoms with Crippen molar-refractivity contribution in [2.24, 2.45) is 5.92 Å². The lowest BCUT2D eigenvalue weighted by atomic mass is 9.97. The van der Waals surface area contributed by atoms with E-state index in [1.54, 1.807) is 19.1 Å². The van der Waals surface area contributed by atoms with Gasteiger partial charge in [-0.15, -0.1) is 0 Å². The van der Waals surface area contributed by atoms with Crippen LogP contribution in [0.2, 0.25) is 0 Å². The third kappa shape index (κ3) is 14.4. The zero-order valence-corrected chi connectivity index (χ0v) is 22.4. The lowest BCUT2D eigenvalue weighted by Gasteiger charge is -2.16. The van der Waals surface area contributed by atoms with Gasteiger partial charge in [0.1, 0.15) is 0 Å². The maximum absolute atomic E-state index is 13.4. The minimum atomic E-state index is -4.67. The fourth-order valence-electron chi connectivity index (χ4n) is 4.18. The molecule has 0 spiro atoms. The van der Waals surface area contributed by atoms with Gasteiger partial charge in [0.15, 0.2) is 0 Å². The second kappa shape index (κ2) is 17.6. The van der Waals surface area contributed by atoms with Gasteiger partial charge in [0.05, 0.1) is 5.92 Å². The zero-order chi connectivity index (χ0) is 26.1. The van der Waals surface area contributed by atoms with E-state index < -0.39 is 23.8 Å². The van der Waals surface area contributed by atoms with Gasteiger partial charge in [-0.05, 0) is 49.3 Å². The summed E-state index contributed by atoms with van der Waals surface area (Å²) in [4.78, 5) is 12.4. The van der Waals surface area contributed by atoms with Gasteiger partial charge in [-0.2, -0.15) is 13.2 Å². The zero-order valence-electron chi connectivity index (χ0n) is 22.4. The highest BCUT2D eigenvalue weighted by atomic mass is 19.4. The summed E-state index contributed by atoms with van der Waals surface area (Å²) in [5.74, 6) is -2.32. The van der Waals surface area contributed by atoms with E-state index in [-0.39, 0.29) is 6.42 Å². The van der Waals surface area contributed by atoms with Gasteiger partial charge in [0.2, 0.25) is 5.76 Å². The summed E-state index contributed by atoms with van der Waals surface area (Å²) < 4.78 is 45.1. The van der Waals surface area contributed by atoms with Gasteiger partial charge in [0, 0.05) is 0 Å². The van der Waals surface area contributed by atoms with Crippen LogP contribution in [0.1, 0.15) is 128 Å². The van der Waals surface area contributed by atoms with Crippen LogP contribution in [0.15, 0.2) is 36.1 Å². The molecule has 2 nitrogen and oxygen atoms in total. The largest absolute Gasteiger partial charge is 0.449 e. The van der Waals surface area contributed by atoms with Crippen LogP contribution < -0.4 is 0 Å². The molecule has 5 heteroatoms. The molecule has 0 aliphatic heterocycles. The van der Waals surface area contributed by atoms with Gasteiger partial charge in [0.25, 0.3) is 0 Å². The molecule has 0 amide bonds. The molecule has 1 atom stereocenters. The van der Waals surface area contributed by atoms with E-state index in [1.807, 2.05) is 12.1 Å². The predicted molar refractivity (Wildman–Crippen MR) is 139 cm³/mol. The third-order valence-corrected chi connectivity index (χ3v) is 6.35. The summed E-state index contributed by atoms with van der Waals surface area (Å²) in [6.07, 6.45) is 11.6. The van der Waals surface area contributed by atoms with Gasteiger partial charge in [-0.1, -0.05) is 116 Å². The molecule has 0 saturated heterocycles. The Morgan fingerprint density at radius 3 is 1.77 bits per heavy atom. The summed E-state index contributed by atoms with van der Waals surface area (Å²) in [7, 11) is 0. The molecule has 0 fully saturated rings. The smallest absolute Gasteiger partial charge is 0.421 e. The third-order valence-electron chi connectivity index (χ3n) is 6.35. The van der Waals surface area contributed by atoms with Gasteiger partial charge in [-0.3, -0.25) is 4.79 Å². The lowest BCUT2D eigenvalue weighted by Crippen LogP contribution is -2.21. The van der Waals surface area contributed by atoms with Crippen LogP contribution in [0, 0.1) is 5.92 Å². The fourth-order valence-corrected chi connectivity index (χ4v) is 4.18. The maximum Gasteiger partial charge on any atom is 0.449 e. The number of hydrogen-bond acceptors (Lipinski definition) is 2. The fraction of sp³-hybridized carbons (Fsp3) is 0.700. The number of hydrogen-bond donors (Lipinski definition) is 0. The van der Waals surface area contributed by atoms with E-state index in [2.05, 4.69) is 20.8 Å². The Labute approximate surface area is 211 Å². The van der Waals surface area contributed by atoms with Crippen molar-refractivity contribution in [2.45, 2.75) is 130 Å². The Balaban J connectivity index is 2.38. The molecule has 0 radical (unpaired) electrons. The number of halogens is 3. The first-order chi connectivity index (χ1) is 16.6. The first-order valence-corrected chi connectivity index (χ1v) is 13.7. The number of carbonyl (C=O) groups is 1. The molecule has 200 valence electrons. The van der Waals surface area contributed by atoms with Crippen LogP contribution >= 0.6 is 0 Å². The molecule has 0 aliphatic carbocycles. The molecule has 0 heterocycles. The topological polar surface area (TPSA) is 26.3 Å². The van der Waals surface area contributed by atoms with E-state index in [1.165, 1.54) is 51.4 Å². The molecule has 0 bridgehead atoms. The lowest BCUT2D eigenvalue weighted by molar-refractivity contribution is -0.161. The molecule has 1 aromatic rings. The number of alkyl halides is 3. The van der Waals surface area contributed by atoms with E-state index in [4.69, 9.17) is 4.74 Å². The van der Waals surface area contributed by atoms with Crippen molar-refractivity contribution in [3.05, 3.63) is 47.2 Å². The standard InChI is InChI=1S/C30H47F3O2/c1-5-6-7-8-9-10-11-12-13-14-15-16-17-18-28(30(31,32)33)35-29(34)25(4)27-21-19-26(20-22-27)23-24(2)3/h18-22,24-25H,5-17,23H2,1-4H3/b28-18+. The van der Waals surface area contributed by atoms with Crippen LogP contribution in [0.25, 0.3) is 0 Å². The van der Waals surface area contributed by atoms with Crippen LogP contribution in [0.4, 0.5) is 13.2 Å². The van der Waals surface area contributed by atoms with E-state index >= 15 is 0 Å². The number of benzene rings is 1. The molecule has 1 aromatic carbocycles. The SMILES string of the molecule is CCCCCCCCCCCCCC/C=C(/OC(=O)C(C)c1ccc(CC(C)C)cc1)C(F)(F)F. The van der Waals surface area contributed by atoms with E-state index in [0.29, 0.717) is 17.9 Å². The summed E-state index contributed by atoms with van der Waals surface area (Å²) in [6.45, 7) is 8.05. The molecule has 1 rings (SSSR count). The highest BCUT2D eigenvalue weighted by Crippen LogP contribution is 2.30. The van der Waals surface area contributed by atoms with Crippen molar-refractivity contribution >= 4 is 5.97 Å². The van der Waals surface area contributed by atoms with Crippen LogP contribution in [-0.4, -0.2) is 12.1 Å². The van der Waals surface area contributed by atoms with Crippen LogP contribution in [-0.2, 0) is 16.0 Å². The monoisotopic (exact) mass is 496 g/mol. The Morgan fingerprint density at radius 2 is 1.31 bits per heavy atom. The minimum absolute atomic E-state index is 0.262. The summed E-state index contributed by atoms with van der Waals surface area (Å²) in [6, 6.07) is 7.45. The average Bonchev–Trinajstić information content (AvgIpc) is 2.80. The maximum atomic E-state index is 13.4. The Hall–Kier alpha value is -1.78. The van der Waals surface area contributed by atoms with Crippen molar-refractivity contribution in [1.29, 1.82) is 0 Å². The quantitative estimate of drug-likeness (QED) is 0.115. The second-order valence-corrected chi connectivity index (χ2v) is 10.2. The molecule has 0 saturated carbocycles. The summed E-state index contributed by atoms with van der Waals surface area (Å²) in [5, 5.41) is 0. The van der Waals surface area contributed by atoms with Crippen LogP contribution in [0.5, 0.6) is 0 Å². The normalized spacial score (nSPS) is 13.3. The van der Waals surface area contributed by atoms with E-state index in [9.17, 15) is 18.0 Å². The van der Waals surface area contributed by atoms with Gasteiger partial charge >= 0.3 is 12.1 Å². The number of allylic oxidation sites excluding steroid dienone is 2. The Kier molecular flexibility index (Phi) is 15.7. The molecular weight excluding hydrogens is 449 g/mol. The van der Waals surface area contributed by atoms with Crippen LogP contribution in [0.3, 0.4) is 0 Å². The molecule has 0 N–H and O–H groups in total.